The van der Waals surface area contributed by atoms with Gasteiger partial charge in [0.25, 0.3) is 11.8 Å². The van der Waals surface area contributed by atoms with Crippen LogP contribution in [0.1, 0.15) is 73.7 Å². The molecule has 2 aromatic heterocycles. The lowest BCUT2D eigenvalue weighted by Gasteiger charge is -2.21. The van der Waals surface area contributed by atoms with Gasteiger partial charge in [-0.15, -0.1) is 0 Å². The summed E-state index contributed by atoms with van der Waals surface area (Å²) in [6, 6.07) is 9.01. The van der Waals surface area contributed by atoms with Gasteiger partial charge in [0.05, 0.1) is 5.54 Å². The highest BCUT2D eigenvalue weighted by molar-refractivity contribution is 7.22. The molecule has 0 unspecified atom stereocenters. The quantitative estimate of drug-likeness (QED) is 0.597. The molecule has 8 heteroatoms. The Balaban J connectivity index is 1.59. The van der Waals surface area contributed by atoms with Crippen LogP contribution in [0.4, 0.5) is 5.13 Å². The summed E-state index contributed by atoms with van der Waals surface area (Å²) in [5.74, 6) is 0.138. The van der Waals surface area contributed by atoms with Crippen molar-refractivity contribution in [3.05, 3.63) is 41.6 Å². The van der Waals surface area contributed by atoms with Gasteiger partial charge in [-0.2, -0.15) is 10.1 Å². The molecule has 1 fully saturated rings. The first-order chi connectivity index (χ1) is 14.8. The van der Waals surface area contributed by atoms with Crippen LogP contribution in [-0.2, 0) is 5.54 Å². The molecular formula is C23H29N5O2S. The molecule has 2 heterocycles. The van der Waals surface area contributed by atoms with Crippen molar-refractivity contribution in [3.63, 3.8) is 0 Å². The summed E-state index contributed by atoms with van der Waals surface area (Å²) < 4.78 is 2.46. The van der Waals surface area contributed by atoms with Gasteiger partial charge in [-0.1, -0.05) is 48.8 Å². The number of carbonyl (C=O) groups is 2. The average molecular weight is 440 g/mol. The number of hydrogen-bond donors (Lipinski definition) is 2. The van der Waals surface area contributed by atoms with E-state index in [1.807, 2.05) is 39.0 Å². The van der Waals surface area contributed by atoms with Crippen LogP contribution in [0.25, 0.3) is 10.3 Å². The predicted octanol–water partition coefficient (Wildman–Crippen LogP) is 4.81. The molecule has 0 saturated heterocycles. The number of rotatable bonds is 5. The molecule has 31 heavy (non-hydrogen) atoms. The molecule has 1 aliphatic rings. The van der Waals surface area contributed by atoms with E-state index in [0.717, 1.165) is 0 Å². The minimum Gasteiger partial charge on any atom is -0.350 e. The van der Waals surface area contributed by atoms with Crippen LogP contribution in [-0.4, -0.2) is 33.1 Å². The van der Waals surface area contributed by atoms with Crippen molar-refractivity contribution in [1.29, 1.82) is 0 Å². The molecule has 164 valence electrons. The topological polar surface area (TPSA) is 88.9 Å². The van der Waals surface area contributed by atoms with Crippen LogP contribution < -0.4 is 10.6 Å². The van der Waals surface area contributed by atoms with Crippen molar-refractivity contribution in [2.45, 2.75) is 58.4 Å². The monoisotopic (exact) mass is 439 g/mol. The molecule has 1 aromatic carbocycles. The number of nitrogens with one attached hydrogen (secondary N) is 2. The molecule has 3 aromatic rings. The van der Waals surface area contributed by atoms with E-state index in [4.69, 9.17) is 0 Å². The third-order valence-corrected chi connectivity index (χ3v) is 6.57. The first kappa shape index (κ1) is 21.5. The number of fused-ring (bicyclic) bond motifs is 1. The zero-order valence-corrected chi connectivity index (χ0v) is 19.1. The first-order valence-corrected chi connectivity index (χ1v) is 11.7. The Kier molecular flexibility index (Phi) is 6.09. The van der Waals surface area contributed by atoms with E-state index in [2.05, 4.69) is 20.7 Å². The number of aromatic nitrogens is 3. The Labute approximate surface area is 186 Å². The van der Waals surface area contributed by atoms with Gasteiger partial charge in [0.1, 0.15) is 4.70 Å². The van der Waals surface area contributed by atoms with Gasteiger partial charge >= 0.3 is 0 Å². The SMILES string of the molecule is CC(C)(C)n1nc(C(=O)NCC2CCCCC2)c2sc(NC(=O)c3ccccc3)nc21. The van der Waals surface area contributed by atoms with Crippen molar-refractivity contribution in [1.82, 2.24) is 20.1 Å². The number of amides is 2. The fourth-order valence-electron chi connectivity index (χ4n) is 3.94. The molecule has 7 nitrogen and oxygen atoms in total. The molecule has 1 aliphatic carbocycles. The van der Waals surface area contributed by atoms with Gasteiger partial charge in [-0.3, -0.25) is 14.9 Å². The first-order valence-electron chi connectivity index (χ1n) is 10.9. The van der Waals surface area contributed by atoms with Crippen LogP contribution in [0.2, 0.25) is 0 Å². The Bertz CT molecular complexity index is 1070. The Morgan fingerprint density at radius 2 is 1.81 bits per heavy atom. The summed E-state index contributed by atoms with van der Waals surface area (Å²) in [6.07, 6.45) is 6.11. The second kappa shape index (κ2) is 8.78. The van der Waals surface area contributed by atoms with E-state index >= 15 is 0 Å². The molecular weight excluding hydrogens is 410 g/mol. The summed E-state index contributed by atoms with van der Waals surface area (Å²) in [6.45, 7) is 6.74. The molecule has 0 spiro atoms. The van der Waals surface area contributed by atoms with Crippen LogP contribution in [0.3, 0.4) is 0 Å². The summed E-state index contributed by atoms with van der Waals surface area (Å²) >= 11 is 1.29. The fourth-order valence-corrected chi connectivity index (χ4v) is 4.87. The average Bonchev–Trinajstić information content (AvgIpc) is 3.31. The molecule has 2 amide bonds. The van der Waals surface area contributed by atoms with E-state index < -0.39 is 0 Å². The molecule has 0 radical (unpaired) electrons. The highest BCUT2D eigenvalue weighted by Crippen LogP contribution is 2.32. The number of nitrogens with zero attached hydrogens (tertiary/aromatic N) is 3. The molecule has 0 aliphatic heterocycles. The van der Waals surface area contributed by atoms with E-state index in [0.29, 0.717) is 39.2 Å². The lowest BCUT2D eigenvalue weighted by atomic mass is 9.89. The molecule has 0 atom stereocenters. The molecule has 4 rings (SSSR count). The zero-order chi connectivity index (χ0) is 22.0. The van der Waals surface area contributed by atoms with Gasteiger partial charge in [0.2, 0.25) is 0 Å². The van der Waals surface area contributed by atoms with Crippen LogP contribution >= 0.6 is 11.3 Å². The molecule has 0 bridgehead atoms. The standard InChI is InChI=1S/C23H29N5O2S/c1-23(2,3)28-19-18(17(27-28)21(30)24-14-15-10-6-4-7-11-15)31-22(25-19)26-20(29)16-12-8-5-9-13-16/h5,8-9,12-13,15H,4,6-7,10-11,14H2,1-3H3,(H,24,30)(H,25,26,29). The number of benzene rings is 1. The van der Waals surface area contributed by atoms with Crippen molar-refractivity contribution < 1.29 is 9.59 Å². The molecule has 1 saturated carbocycles. The maximum Gasteiger partial charge on any atom is 0.273 e. The van der Waals surface area contributed by atoms with Crippen molar-refractivity contribution in [3.8, 4) is 0 Å². The lowest BCUT2D eigenvalue weighted by Crippen LogP contribution is -2.31. The lowest BCUT2D eigenvalue weighted by molar-refractivity contribution is 0.0938. The highest BCUT2D eigenvalue weighted by Gasteiger charge is 2.27. The van der Waals surface area contributed by atoms with E-state index in [1.165, 1.54) is 43.4 Å². The van der Waals surface area contributed by atoms with Gasteiger partial charge < -0.3 is 5.32 Å². The molecule has 2 N–H and O–H groups in total. The van der Waals surface area contributed by atoms with E-state index in [-0.39, 0.29) is 17.4 Å². The Morgan fingerprint density at radius 3 is 2.48 bits per heavy atom. The Hall–Kier alpha value is -2.74. The van der Waals surface area contributed by atoms with Crippen molar-refractivity contribution in [2.24, 2.45) is 5.92 Å². The van der Waals surface area contributed by atoms with E-state index in [1.54, 1.807) is 16.8 Å². The minimum atomic E-state index is -0.352. The number of thiazole rings is 1. The maximum absolute atomic E-state index is 13.0. The third-order valence-electron chi connectivity index (χ3n) is 5.61. The zero-order valence-electron chi connectivity index (χ0n) is 18.3. The highest BCUT2D eigenvalue weighted by atomic mass is 32.1. The van der Waals surface area contributed by atoms with Gasteiger partial charge in [0, 0.05) is 12.1 Å². The van der Waals surface area contributed by atoms with Crippen LogP contribution in [0, 0.1) is 5.92 Å². The number of carbonyl (C=O) groups excluding carboxylic acids is 2. The van der Waals surface area contributed by atoms with Gasteiger partial charge in [-0.25, -0.2) is 4.68 Å². The van der Waals surface area contributed by atoms with Crippen LogP contribution in [0.5, 0.6) is 0 Å². The smallest absolute Gasteiger partial charge is 0.273 e. The van der Waals surface area contributed by atoms with Crippen molar-refractivity contribution in [2.75, 3.05) is 11.9 Å². The largest absolute Gasteiger partial charge is 0.350 e. The predicted molar refractivity (Wildman–Crippen MR) is 124 cm³/mol. The Morgan fingerprint density at radius 1 is 1.10 bits per heavy atom. The summed E-state index contributed by atoms with van der Waals surface area (Å²) in [4.78, 5) is 30.1. The second-order valence-electron chi connectivity index (χ2n) is 9.14. The van der Waals surface area contributed by atoms with Gasteiger partial charge in [0.15, 0.2) is 16.5 Å². The third kappa shape index (κ3) is 4.79. The van der Waals surface area contributed by atoms with Crippen molar-refractivity contribution >= 4 is 38.6 Å². The van der Waals surface area contributed by atoms with Crippen LogP contribution in [0.15, 0.2) is 30.3 Å². The summed E-state index contributed by atoms with van der Waals surface area (Å²) in [7, 11) is 0. The maximum atomic E-state index is 13.0. The van der Waals surface area contributed by atoms with Gasteiger partial charge in [-0.05, 0) is 51.7 Å². The number of anilines is 1. The van der Waals surface area contributed by atoms with E-state index in [9.17, 15) is 9.59 Å². The summed E-state index contributed by atoms with van der Waals surface area (Å²) in [5, 5.41) is 11.0. The second-order valence-corrected chi connectivity index (χ2v) is 10.1. The summed E-state index contributed by atoms with van der Waals surface area (Å²) in [5.41, 5.74) is 1.20. The normalized spacial score (nSPS) is 15.2. The number of hydrogen-bond acceptors (Lipinski definition) is 5. The fraction of sp³-hybridized carbons (Fsp3) is 0.478. The minimum absolute atomic E-state index is 0.178.